The van der Waals surface area contributed by atoms with Crippen LogP contribution in [0.4, 0.5) is 11.4 Å². The van der Waals surface area contributed by atoms with E-state index in [4.69, 9.17) is 4.74 Å². The van der Waals surface area contributed by atoms with Gasteiger partial charge in [0.1, 0.15) is 5.75 Å². The first-order valence-corrected chi connectivity index (χ1v) is 7.11. The van der Waals surface area contributed by atoms with Crippen LogP contribution in [0.15, 0.2) is 54.6 Å². The van der Waals surface area contributed by atoms with Gasteiger partial charge in [0.2, 0.25) is 5.91 Å². The highest BCUT2D eigenvalue weighted by molar-refractivity contribution is 5.99. The number of nitrogens with one attached hydrogen (secondary N) is 1. The van der Waals surface area contributed by atoms with Crippen LogP contribution in [0.5, 0.6) is 5.75 Å². The summed E-state index contributed by atoms with van der Waals surface area (Å²) in [5, 5.41) is 2.81. The van der Waals surface area contributed by atoms with Gasteiger partial charge in [0, 0.05) is 18.7 Å². The van der Waals surface area contributed by atoms with Gasteiger partial charge >= 0.3 is 0 Å². The van der Waals surface area contributed by atoms with Gasteiger partial charge in [0.05, 0.1) is 5.69 Å². The lowest BCUT2D eigenvalue weighted by molar-refractivity contribution is -0.121. The Hall–Kier alpha value is -2.82. The van der Waals surface area contributed by atoms with Gasteiger partial charge in [-0.3, -0.25) is 9.59 Å². The van der Waals surface area contributed by atoms with E-state index in [1.165, 1.54) is 0 Å². The summed E-state index contributed by atoms with van der Waals surface area (Å²) in [6.45, 7) is 0.342. The molecule has 1 aliphatic rings. The fraction of sp³-hybridized carbons (Fsp3) is 0.176. The first kappa shape index (κ1) is 14.1. The number of para-hydroxylation sites is 3. The van der Waals surface area contributed by atoms with Gasteiger partial charge < -0.3 is 15.0 Å². The summed E-state index contributed by atoms with van der Waals surface area (Å²) in [6, 6.07) is 16.6. The first-order valence-electron chi connectivity index (χ1n) is 7.11. The minimum Gasteiger partial charge on any atom is -0.482 e. The molecular weight excluding hydrogens is 280 g/mol. The molecule has 0 radical (unpaired) electrons. The van der Waals surface area contributed by atoms with Crippen molar-refractivity contribution in [2.24, 2.45) is 0 Å². The third-order valence-corrected chi connectivity index (χ3v) is 3.43. The van der Waals surface area contributed by atoms with Crippen LogP contribution in [0.1, 0.15) is 6.42 Å². The van der Waals surface area contributed by atoms with Gasteiger partial charge in [-0.2, -0.15) is 0 Å². The van der Waals surface area contributed by atoms with Crippen molar-refractivity contribution < 1.29 is 14.3 Å². The molecule has 1 aliphatic heterocycles. The molecule has 112 valence electrons. The Balaban J connectivity index is 1.64. The van der Waals surface area contributed by atoms with Gasteiger partial charge in [-0.15, -0.1) is 0 Å². The van der Waals surface area contributed by atoms with Gasteiger partial charge in [-0.25, -0.2) is 0 Å². The third kappa shape index (κ3) is 3.09. The van der Waals surface area contributed by atoms with Crippen molar-refractivity contribution in [1.29, 1.82) is 0 Å². The third-order valence-electron chi connectivity index (χ3n) is 3.43. The maximum absolute atomic E-state index is 12.0. The molecule has 2 aromatic rings. The predicted octanol–water partition coefficient (Wildman–Crippen LogP) is 2.44. The van der Waals surface area contributed by atoms with Crippen molar-refractivity contribution in [2.75, 3.05) is 23.4 Å². The molecule has 2 aromatic carbocycles. The molecule has 0 aliphatic carbocycles. The molecule has 5 nitrogen and oxygen atoms in total. The maximum atomic E-state index is 12.0. The number of fused-ring (bicyclic) bond motifs is 1. The molecule has 0 atom stereocenters. The van der Waals surface area contributed by atoms with E-state index in [9.17, 15) is 9.59 Å². The van der Waals surface area contributed by atoms with Gasteiger partial charge in [-0.1, -0.05) is 30.3 Å². The lowest BCUT2D eigenvalue weighted by atomic mass is 10.2. The van der Waals surface area contributed by atoms with E-state index >= 15 is 0 Å². The van der Waals surface area contributed by atoms with Crippen molar-refractivity contribution in [2.45, 2.75) is 6.42 Å². The van der Waals surface area contributed by atoms with Crippen molar-refractivity contribution in [3.63, 3.8) is 0 Å². The summed E-state index contributed by atoms with van der Waals surface area (Å²) in [4.78, 5) is 25.6. The number of carbonyl (C=O) groups excluding carboxylic acids is 2. The Morgan fingerprint density at radius 2 is 1.82 bits per heavy atom. The molecule has 0 bridgehead atoms. The van der Waals surface area contributed by atoms with E-state index in [1.807, 2.05) is 54.6 Å². The van der Waals surface area contributed by atoms with E-state index in [-0.39, 0.29) is 24.8 Å². The van der Waals surface area contributed by atoms with Gasteiger partial charge in [0.15, 0.2) is 6.61 Å². The van der Waals surface area contributed by atoms with Crippen molar-refractivity contribution in [3.05, 3.63) is 54.6 Å². The molecule has 5 heteroatoms. The number of anilines is 2. The number of hydrogen-bond acceptors (Lipinski definition) is 3. The molecule has 0 saturated heterocycles. The number of carbonyl (C=O) groups is 2. The molecule has 0 spiro atoms. The number of rotatable bonds is 4. The summed E-state index contributed by atoms with van der Waals surface area (Å²) < 4.78 is 5.38. The second-order valence-corrected chi connectivity index (χ2v) is 4.97. The molecule has 0 fully saturated rings. The second-order valence-electron chi connectivity index (χ2n) is 4.97. The number of benzene rings is 2. The van der Waals surface area contributed by atoms with Crippen molar-refractivity contribution >= 4 is 23.2 Å². The van der Waals surface area contributed by atoms with Gasteiger partial charge in [-0.05, 0) is 24.3 Å². The predicted molar refractivity (Wildman–Crippen MR) is 84.0 cm³/mol. The monoisotopic (exact) mass is 296 g/mol. The van der Waals surface area contributed by atoms with Gasteiger partial charge in [0.25, 0.3) is 5.91 Å². The minimum atomic E-state index is -0.133. The van der Waals surface area contributed by atoms with E-state index in [2.05, 4.69) is 5.32 Å². The topological polar surface area (TPSA) is 58.6 Å². The highest BCUT2D eigenvalue weighted by atomic mass is 16.5. The maximum Gasteiger partial charge on any atom is 0.265 e. The Labute approximate surface area is 128 Å². The summed E-state index contributed by atoms with van der Waals surface area (Å²) in [5.74, 6) is 0.416. The molecule has 3 rings (SSSR count). The van der Waals surface area contributed by atoms with Crippen LogP contribution in [0.25, 0.3) is 0 Å². The Bertz CT molecular complexity index is 685. The molecule has 22 heavy (non-hydrogen) atoms. The van der Waals surface area contributed by atoms with Crippen LogP contribution < -0.4 is 15.0 Å². The van der Waals surface area contributed by atoms with Crippen LogP contribution in [0, 0.1) is 0 Å². The standard InChI is InChI=1S/C17H16N2O3/c20-16(18-13-6-2-1-3-7-13)10-11-19-14-8-4-5-9-15(14)22-12-17(19)21/h1-9H,10-12H2,(H,18,20). The van der Waals surface area contributed by atoms with E-state index in [0.717, 1.165) is 5.69 Å². The van der Waals surface area contributed by atoms with E-state index < -0.39 is 0 Å². The first-order chi connectivity index (χ1) is 10.7. The zero-order chi connectivity index (χ0) is 15.4. The van der Waals surface area contributed by atoms with Crippen molar-refractivity contribution in [1.82, 2.24) is 0 Å². The van der Waals surface area contributed by atoms with Crippen LogP contribution in [0.3, 0.4) is 0 Å². The smallest absolute Gasteiger partial charge is 0.265 e. The molecule has 0 aromatic heterocycles. The average Bonchev–Trinajstić information content (AvgIpc) is 2.55. The number of amides is 2. The van der Waals surface area contributed by atoms with E-state index in [1.54, 1.807) is 4.90 Å². The number of hydrogen-bond donors (Lipinski definition) is 1. The molecule has 1 N–H and O–H groups in total. The van der Waals surface area contributed by atoms with Crippen LogP contribution in [-0.4, -0.2) is 25.0 Å². The molecule has 0 saturated carbocycles. The molecule has 0 unspecified atom stereocenters. The van der Waals surface area contributed by atoms with Crippen LogP contribution in [-0.2, 0) is 9.59 Å². The molecular formula is C17H16N2O3. The number of ether oxygens (including phenoxy) is 1. The molecule has 1 heterocycles. The number of nitrogens with zero attached hydrogens (tertiary/aromatic N) is 1. The quantitative estimate of drug-likeness (QED) is 0.942. The SMILES string of the molecule is O=C(CCN1C(=O)COc2ccccc21)Nc1ccccc1. The van der Waals surface area contributed by atoms with E-state index in [0.29, 0.717) is 18.0 Å². The highest BCUT2D eigenvalue weighted by Gasteiger charge is 2.25. The largest absolute Gasteiger partial charge is 0.482 e. The second kappa shape index (κ2) is 6.30. The summed E-state index contributed by atoms with van der Waals surface area (Å²) in [5.41, 5.74) is 1.47. The normalized spacial score (nSPS) is 13.3. The summed E-state index contributed by atoms with van der Waals surface area (Å²) in [6.07, 6.45) is 0.231. The van der Waals surface area contributed by atoms with Crippen LogP contribution in [0.2, 0.25) is 0 Å². The zero-order valence-corrected chi connectivity index (χ0v) is 12.0. The summed E-state index contributed by atoms with van der Waals surface area (Å²) in [7, 11) is 0. The Kier molecular flexibility index (Phi) is 4.05. The average molecular weight is 296 g/mol. The summed E-state index contributed by atoms with van der Waals surface area (Å²) >= 11 is 0. The highest BCUT2D eigenvalue weighted by Crippen LogP contribution is 2.31. The minimum absolute atomic E-state index is 0.0112. The lowest BCUT2D eigenvalue weighted by Crippen LogP contribution is -2.40. The zero-order valence-electron chi connectivity index (χ0n) is 12.0. The Morgan fingerprint density at radius 1 is 1.09 bits per heavy atom. The molecule has 2 amide bonds. The fourth-order valence-corrected chi connectivity index (χ4v) is 2.36. The lowest BCUT2D eigenvalue weighted by Gasteiger charge is -2.29. The van der Waals surface area contributed by atoms with Crippen LogP contribution >= 0.6 is 0 Å². The fourth-order valence-electron chi connectivity index (χ4n) is 2.36. The Morgan fingerprint density at radius 3 is 2.64 bits per heavy atom. The van der Waals surface area contributed by atoms with Crippen molar-refractivity contribution in [3.8, 4) is 5.75 Å².